The van der Waals surface area contributed by atoms with Gasteiger partial charge in [-0.05, 0) is 64.7 Å². The minimum absolute atomic E-state index is 0.0525. The minimum Gasteiger partial charge on any atom is -0.364 e. The fraction of sp³-hybridized carbons (Fsp3) is 0.583. The smallest absolute Gasteiger partial charge is 0.146 e. The molecule has 156 valence electrons. The lowest BCUT2D eigenvalue weighted by atomic mass is 9.94. The van der Waals surface area contributed by atoms with Gasteiger partial charge in [0.2, 0.25) is 0 Å². The van der Waals surface area contributed by atoms with Gasteiger partial charge in [-0.3, -0.25) is 9.98 Å². The topological polar surface area (TPSA) is 52.0 Å². The quantitative estimate of drug-likeness (QED) is 0.748. The summed E-state index contributed by atoms with van der Waals surface area (Å²) in [6.45, 7) is 12.6. The third-order valence-electron chi connectivity index (χ3n) is 6.35. The molecule has 1 aliphatic carbocycles. The molecule has 3 aliphatic rings. The van der Waals surface area contributed by atoms with Gasteiger partial charge in [-0.2, -0.15) is 0 Å². The molecular formula is C24H35N5. The first-order valence-corrected chi connectivity index (χ1v) is 11.1. The van der Waals surface area contributed by atoms with Gasteiger partial charge < -0.3 is 15.5 Å². The maximum absolute atomic E-state index is 5.08. The summed E-state index contributed by atoms with van der Waals surface area (Å²) in [6, 6.07) is 5.21. The number of nitrogens with zero attached hydrogens (tertiary/aromatic N) is 3. The second kappa shape index (κ2) is 8.31. The fourth-order valence-corrected chi connectivity index (χ4v) is 5.15. The largest absolute Gasteiger partial charge is 0.364 e. The van der Waals surface area contributed by atoms with Gasteiger partial charge in [0.1, 0.15) is 18.2 Å². The average molecular weight is 394 g/mol. The Balaban J connectivity index is 1.54. The lowest BCUT2D eigenvalue weighted by Gasteiger charge is -2.36. The summed E-state index contributed by atoms with van der Waals surface area (Å²) in [4.78, 5) is 12.4. The number of aryl methyl sites for hydroxylation is 3. The predicted molar refractivity (Wildman–Crippen MR) is 122 cm³/mol. The van der Waals surface area contributed by atoms with Crippen LogP contribution < -0.4 is 10.6 Å². The first kappa shape index (κ1) is 20.1. The van der Waals surface area contributed by atoms with Crippen LogP contribution in [0, 0.1) is 20.8 Å². The zero-order valence-corrected chi connectivity index (χ0v) is 18.5. The van der Waals surface area contributed by atoms with Crippen LogP contribution in [0.25, 0.3) is 0 Å². The van der Waals surface area contributed by atoms with Gasteiger partial charge in [-0.25, -0.2) is 0 Å². The van der Waals surface area contributed by atoms with Crippen molar-refractivity contribution in [3.63, 3.8) is 0 Å². The molecule has 0 radical (unpaired) electrons. The van der Waals surface area contributed by atoms with E-state index in [9.17, 15) is 0 Å². The normalized spacial score (nSPS) is 25.8. The van der Waals surface area contributed by atoms with E-state index in [0.717, 1.165) is 30.3 Å². The van der Waals surface area contributed by atoms with E-state index in [1.165, 1.54) is 47.9 Å². The predicted octanol–water partition coefficient (Wildman–Crippen LogP) is 3.83. The number of amidine groups is 1. The number of hydrogen-bond acceptors (Lipinski definition) is 4. The Labute approximate surface area is 175 Å². The van der Waals surface area contributed by atoms with Crippen molar-refractivity contribution in [3.05, 3.63) is 46.2 Å². The van der Waals surface area contributed by atoms with Gasteiger partial charge in [0.25, 0.3) is 0 Å². The fourth-order valence-electron chi connectivity index (χ4n) is 5.15. The molecule has 2 N–H and O–H groups in total. The first-order chi connectivity index (χ1) is 13.9. The monoisotopic (exact) mass is 393 g/mol. The van der Waals surface area contributed by atoms with Crippen LogP contribution in [-0.4, -0.2) is 47.9 Å². The van der Waals surface area contributed by atoms with Gasteiger partial charge in [-0.1, -0.05) is 30.5 Å². The van der Waals surface area contributed by atoms with Crippen molar-refractivity contribution in [3.8, 4) is 0 Å². The molecule has 4 rings (SSSR count). The summed E-state index contributed by atoms with van der Waals surface area (Å²) in [5.41, 5.74) is 7.46. The maximum atomic E-state index is 5.08. The summed E-state index contributed by atoms with van der Waals surface area (Å²) in [5.74, 6) is 1.05. The standard InChI is InChI=1S/C24H35N5/c1-15-12-16(2)22(17(3)13-15)23-24-27-18(4)14-21(29(24)19(5)28-23)26-11-10-25-20-8-6-7-9-20/h12-14,19-20,24-25,27H,6-11H2,1-5H3. The van der Waals surface area contributed by atoms with E-state index in [1.54, 1.807) is 0 Å². The van der Waals surface area contributed by atoms with Crippen LogP contribution in [0.4, 0.5) is 0 Å². The molecule has 2 atom stereocenters. The molecule has 0 amide bonds. The Morgan fingerprint density at radius 1 is 1.14 bits per heavy atom. The van der Waals surface area contributed by atoms with Gasteiger partial charge in [0.15, 0.2) is 0 Å². The zero-order chi connectivity index (χ0) is 20.5. The molecule has 0 aromatic heterocycles. The minimum atomic E-state index is 0.0525. The second-order valence-electron chi connectivity index (χ2n) is 8.88. The Morgan fingerprint density at radius 2 is 1.83 bits per heavy atom. The van der Waals surface area contributed by atoms with Crippen LogP contribution in [0.2, 0.25) is 0 Å². The molecule has 1 aromatic rings. The highest BCUT2D eigenvalue weighted by Gasteiger charge is 2.39. The van der Waals surface area contributed by atoms with Crippen molar-refractivity contribution in [2.45, 2.75) is 78.7 Å². The van der Waals surface area contributed by atoms with E-state index >= 15 is 0 Å². The van der Waals surface area contributed by atoms with E-state index in [-0.39, 0.29) is 12.3 Å². The number of nitrogens with one attached hydrogen (secondary N) is 2. The Morgan fingerprint density at radius 3 is 2.52 bits per heavy atom. The van der Waals surface area contributed by atoms with Crippen molar-refractivity contribution in [2.24, 2.45) is 9.98 Å². The van der Waals surface area contributed by atoms with Crippen LogP contribution in [0.3, 0.4) is 0 Å². The summed E-state index contributed by atoms with van der Waals surface area (Å²) in [7, 11) is 0. The highest BCUT2D eigenvalue weighted by atomic mass is 15.4. The lowest BCUT2D eigenvalue weighted by molar-refractivity contribution is 0.304. The molecule has 0 spiro atoms. The summed E-state index contributed by atoms with van der Waals surface area (Å²) < 4.78 is 0. The molecule has 1 aromatic carbocycles. The van der Waals surface area contributed by atoms with Crippen LogP contribution in [-0.2, 0) is 0 Å². The molecule has 5 heteroatoms. The molecule has 29 heavy (non-hydrogen) atoms. The van der Waals surface area contributed by atoms with E-state index < -0.39 is 0 Å². The number of fused-ring (bicyclic) bond motifs is 1. The molecule has 0 bridgehead atoms. The number of hydrogen-bond donors (Lipinski definition) is 2. The Hall–Kier alpha value is -2.14. The highest BCUT2D eigenvalue weighted by molar-refractivity contribution is 6.11. The van der Waals surface area contributed by atoms with E-state index in [4.69, 9.17) is 9.98 Å². The van der Waals surface area contributed by atoms with Crippen molar-refractivity contribution in [1.82, 2.24) is 15.5 Å². The van der Waals surface area contributed by atoms with Crippen molar-refractivity contribution < 1.29 is 0 Å². The van der Waals surface area contributed by atoms with E-state index in [0.29, 0.717) is 6.04 Å². The Kier molecular flexibility index (Phi) is 5.77. The van der Waals surface area contributed by atoms with Crippen molar-refractivity contribution >= 4 is 11.5 Å². The SMILES string of the molecule is CC1=CC(=NCCNC2CCCC2)N2C(C)N=C(c3c(C)cc(C)cc3C)C2N1. The summed E-state index contributed by atoms with van der Waals surface area (Å²) in [5, 5.41) is 7.32. The van der Waals surface area contributed by atoms with Crippen LogP contribution >= 0.6 is 0 Å². The van der Waals surface area contributed by atoms with E-state index in [1.807, 2.05) is 0 Å². The number of rotatable bonds is 5. The summed E-state index contributed by atoms with van der Waals surface area (Å²) >= 11 is 0. The molecule has 1 saturated carbocycles. The lowest BCUT2D eigenvalue weighted by Crippen LogP contribution is -2.54. The molecule has 5 nitrogen and oxygen atoms in total. The average Bonchev–Trinajstić information content (AvgIpc) is 3.26. The molecule has 1 fully saturated rings. The maximum Gasteiger partial charge on any atom is 0.146 e. The second-order valence-corrected chi connectivity index (χ2v) is 8.88. The van der Waals surface area contributed by atoms with Gasteiger partial charge in [0.05, 0.1) is 12.3 Å². The molecule has 2 aliphatic heterocycles. The number of benzene rings is 1. The van der Waals surface area contributed by atoms with Gasteiger partial charge in [-0.15, -0.1) is 0 Å². The van der Waals surface area contributed by atoms with Crippen LogP contribution in [0.5, 0.6) is 0 Å². The molecule has 2 heterocycles. The Bertz CT molecular complexity index is 837. The first-order valence-electron chi connectivity index (χ1n) is 11.1. The van der Waals surface area contributed by atoms with Crippen LogP contribution in [0.1, 0.15) is 61.8 Å². The van der Waals surface area contributed by atoms with Crippen molar-refractivity contribution in [2.75, 3.05) is 13.1 Å². The van der Waals surface area contributed by atoms with Crippen molar-refractivity contribution in [1.29, 1.82) is 0 Å². The van der Waals surface area contributed by atoms with Crippen LogP contribution in [0.15, 0.2) is 33.9 Å². The third kappa shape index (κ3) is 4.11. The zero-order valence-electron chi connectivity index (χ0n) is 18.5. The number of allylic oxidation sites excluding steroid dienone is 1. The number of aliphatic imine (C=N–C) groups is 2. The molecular weight excluding hydrogens is 358 g/mol. The molecule has 0 saturated heterocycles. The van der Waals surface area contributed by atoms with Gasteiger partial charge in [0, 0.05) is 23.8 Å². The van der Waals surface area contributed by atoms with E-state index in [2.05, 4.69) is 68.4 Å². The highest BCUT2D eigenvalue weighted by Crippen LogP contribution is 2.28. The summed E-state index contributed by atoms with van der Waals surface area (Å²) in [6.07, 6.45) is 7.66. The molecule has 2 unspecified atom stereocenters. The third-order valence-corrected chi connectivity index (χ3v) is 6.35. The van der Waals surface area contributed by atoms with Gasteiger partial charge >= 0.3 is 0 Å².